The Kier molecular flexibility index (Phi) is 7.02. The van der Waals surface area contributed by atoms with Crippen LogP contribution < -0.4 is 15.4 Å². The number of hydrogen-bond donors (Lipinski definition) is 3. The monoisotopic (exact) mass is 515 g/mol. The number of anilines is 2. The first-order chi connectivity index (χ1) is 17.8. The van der Waals surface area contributed by atoms with Crippen molar-refractivity contribution in [3.05, 3.63) is 55.1 Å². The van der Waals surface area contributed by atoms with Gasteiger partial charge in [-0.1, -0.05) is 6.07 Å². The van der Waals surface area contributed by atoms with Crippen molar-refractivity contribution in [2.75, 3.05) is 11.9 Å². The molecule has 3 aromatic heterocycles. The molecule has 0 spiro atoms. The lowest BCUT2D eigenvalue weighted by atomic mass is 9.93. The molecule has 1 saturated carbocycles. The molecule has 1 atom stereocenters. The molecular formula is C25H28F3N7O2. The first-order valence-corrected chi connectivity index (χ1v) is 12.1. The van der Waals surface area contributed by atoms with Gasteiger partial charge < -0.3 is 25.0 Å². The van der Waals surface area contributed by atoms with Crippen molar-refractivity contribution >= 4 is 22.5 Å². The molecule has 0 bridgehead atoms. The molecule has 0 saturated heterocycles. The van der Waals surface area contributed by atoms with Crippen molar-refractivity contribution < 1.29 is 23.0 Å². The summed E-state index contributed by atoms with van der Waals surface area (Å²) in [7, 11) is 1.91. The summed E-state index contributed by atoms with van der Waals surface area (Å²) in [6, 6.07) is 11.2. The van der Waals surface area contributed by atoms with Gasteiger partial charge >= 0.3 is 6.18 Å². The lowest BCUT2D eigenvalue weighted by molar-refractivity contribution is -0.202. The van der Waals surface area contributed by atoms with Crippen molar-refractivity contribution in [3.63, 3.8) is 0 Å². The third-order valence-corrected chi connectivity index (χ3v) is 6.49. The third-order valence-electron chi connectivity index (χ3n) is 6.49. The second kappa shape index (κ2) is 10.4. The molecule has 1 aliphatic carbocycles. The number of fused-ring (bicyclic) bond motifs is 1. The maximum atomic E-state index is 12.5. The molecule has 37 heavy (non-hydrogen) atoms. The van der Waals surface area contributed by atoms with Gasteiger partial charge in [0.25, 0.3) is 0 Å². The minimum atomic E-state index is -4.61. The lowest BCUT2D eigenvalue weighted by Crippen LogP contribution is -2.44. The van der Waals surface area contributed by atoms with E-state index in [9.17, 15) is 18.3 Å². The first-order valence-electron chi connectivity index (χ1n) is 12.1. The molecule has 0 aliphatic heterocycles. The molecule has 0 amide bonds. The van der Waals surface area contributed by atoms with Crippen LogP contribution in [-0.4, -0.2) is 60.4 Å². The summed E-state index contributed by atoms with van der Waals surface area (Å²) >= 11 is 0. The number of nitrogens with zero attached hydrogens (tertiary/aromatic N) is 5. The van der Waals surface area contributed by atoms with Crippen molar-refractivity contribution in [1.82, 2.24) is 29.6 Å². The number of aryl methyl sites for hydroxylation is 1. The number of nitrogens with one attached hydrogen (secondary N) is 2. The molecule has 196 valence electrons. The Morgan fingerprint density at radius 3 is 2.68 bits per heavy atom. The maximum absolute atomic E-state index is 12.5. The van der Waals surface area contributed by atoms with Crippen molar-refractivity contribution in [1.29, 1.82) is 0 Å². The fraction of sp³-hybridized carbons (Fsp3) is 0.400. The van der Waals surface area contributed by atoms with Crippen molar-refractivity contribution in [2.45, 2.75) is 50.1 Å². The molecular weight excluding hydrogens is 487 g/mol. The van der Waals surface area contributed by atoms with Crippen LogP contribution in [0.25, 0.3) is 16.9 Å². The Hall–Kier alpha value is -3.64. The summed E-state index contributed by atoms with van der Waals surface area (Å²) in [6.45, 7) is -0.498. The normalized spacial score (nSPS) is 19.2. The van der Waals surface area contributed by atoms with Crippen LogP contribution in [0, 0.1) is 0 Å². The van der Waals surface area contributed by atoms with Gasteiger partial charge in [0.1, 0.15) is 11.3 Å². The Balaban J connectivity index is 1.25. The van der Waals surface area contributed by atoms with E-state index in [1.165, 1.54) is 0 Å². The predicted molar refractivity (Wildman–Crippen MR) is 132 cm³/mol. The van der Waals surface area contributed by atoms with E-state index in [-0.39, 0.29) is 12.1 Å². The average Bonchev–Trinajstić information content (AvgIpc) is 3.50. The lowest BCUT2D eigenvalue weighted by Gasteiger charge is -2.30. The highest BCUT2D eigenvalue weighted by Crippen LogP contribution is 2.33. The molecule has 12 heteroatoms. The van der Waals surface area contributed by atoms with Gasteiger partial charge in [-0.15, -0.1) is 5.10 Å². The van der Waals surface area contributed by atoms with E-state index in [1.807, 2.05) is 54.2 Å². The Morgan fingerprint density at radius 1 is 1.14 bits per heavy atom. The number of rotatable bonds is 8. The average molecular weight is 516 g/mol. The number of alkyl halides is 3. The van der Waals surface area contributed by atoms with Gasteiger partial charge in [0, 0.05) is 50.2 Å². The summed E-state index contributed by atoms with van der Waals surface area (Å²) in [6.07, 6.45) is 0.956. The van der Waals surface area contributed by atoms with Crippen LogP contribution >= 0.6 is 0 Å². The second-order valence-electron chi connectivity index (χ2n) is 9.21. The molecule has 1 fully saturated rings. The van der Waals surface area contributed by atoms with Crippen LogP contribution in [0.4, 0.5) is 24.7 Å². The minimum Gasteiger partial charge on any atom is -0.490 e. The van der Waals surface area contributed by atoms with E-state index in [4.69, 9.17) is 4.74 Å². The number of ether oxygens (including phenoxy) is 1. The van der Waals surface area contributed by atoms with Crippen molar-refractivity contribution in [3.8, 4) is 11.6 Å². The fourth-order valence-corrected chi connectivity index (χ4v) is 4.48. The molecule has 3 N–H and O–H groups in total. The van der Waals surface area contributed by atoms with E-state index < -0.39 is 18.8 Å². The van der Waals surface area contributed by atoms with E-state index >= 15 is 0 Å². The molecule has 0 radical (unpaired) electrons. The molecule has 0 unspecified atom stereocenters. The second-order valence-corrected chi connectivity index (χ2v) is 9.21. The zero-order valence-electron chi connectivity index (χ0n) is 20.2. The fourth-order valence-electron chi connectivity index (χ4n) is 4.48. The zero-order chi connectivity index (χ0) is 26.0. The Labute approximate surface area is 211 Å². The van der Waals surface area contributed by atoms with Gasteiger partial charge in [0.05, 0.1) is 23.6 Å². The van der Waals surface area contributed by atoms with Crippen LogP contribution in [0.2, 0.25) is 0 Å². The SMILES string of the molecule is Cn1cnc2c(Nc3ccn(-c4ccccn4)n3)cc(OC3CCC(NC[C@@H](O)C(F)(F)F)CC3)cc21. The number of benzene rings is 1. The number of aromatic nitrogens is 5. The molecule has 4 aromatic rings. The first kappa shape index (κ1) is 25.0. The van der Waals surface area contributed by atoms with E-state index in [1.54, 1.807) is 17.2 Å². The quantitative estimate of drug-likeness (QED) is 0.325. The van der Waals surface area contributed by atoms with Gasteiger partial charge in [0.2, 0.25) is 0 Å². The van der Waals surface area contributed by atoms with Gasteiger partial charge in [-0.25, -0.2) is 14.6 Å². The molecule has 3 heterocycles. The summed E-state index contributed by atoms with van der Waals surface area (Å²) in [5.74, 6) is 2.00. The van der Waals surface area contributed by atoms with E-state index in [2.05, 4.69) is 25.7 Å². The summed E-state index contributed by atoms with van der Waals surface area (Å²) in [5.41, 5.74) is 2.41. The van der Waals surface area contributed by atoms with Crippen LogP contribution in [0.1, 0.15) is 25.7 Å². The summed E-state index contributed by atoms with van der Waals surface area (Å²) in [5, 5.41) is 19.9. The topological polar surface area (TPSA) is 102 Å². The molecule has 1 aliphatic rings. The number of aliphatic hydroxyl groups excluding tert-OH is 1. The number of pyridine rings is 1. The largest absolute Gasteiger partial charge is 0.490 e. The number of imidazole rings is 1. The van der Waals surface area contributed by atoms with Crippen LogP contribution in [0.3, 0.4) is 0 Å². The van der Waals surface area contributed by atoms with Crippen molar-refractivity contribution in [2.24, 2.45) is 7.05 Å². The van der Waals surface area contributed by atoms with Crippen LogP contribution in [-0.2, 0) is 7.05 Å². The Morgan fingerprint density at radius 2 is 1.95 bits per heavy atom. The van der Waals surface area contributed by atoms with E-state index in [0.29, 0.717) is 43.1 Å². The van der Waals surface area contributed by atoms with Crippen LogP contribution in [0.5, 0.6) is 5.75 Å². The molecule has 5 rings (SSSR count). The van der Waals surface area contributed by atoms with Gasteiger partial charge in [-0.3, -0.25) is 0 Å². The molecule has 9 nitrogen and oxygen atoms in total. The maximum Gasteiger partial charge on any atom is 0.415 e. The van der Waals surface area contributed by atoms with Gasteiger partial charge in [0.15, 0.2) is 17.7 Å². The summed E-state index contributed by atoms with van der Waals surface area (Å²) in [4.78, 5) is 8.83. The highest BCUT2D eigenvalue weighted by molar-refractivity contribution is 5.91. The predicted octanol–water partition coefficient (Wildman–Crippen LogP) is 4.10. The van der Waals surface area contributed by atoms with Gasteiger partial charge in [-0.2, -0.15) is 13.2 Å². The highest BCUT2D eigenvalue weighted by atomic mass is 19.4. The van der Waals surface area contributed by atoms with Gasteiger partial charge in [-0.05, 0) is 37.8 Å². The number of halogens is 3. The minimum absolute atomic E-state index is 0.0625. The zero-order valence-corrected chi connectivity index (χ0v) is 20.2. The smallest absolute Gasteiger partial charge is 0.415 e. The summed E-state index contributed by atoms with van der Waals surface area (Å²) < 4.78 is 47.5. The van der Waals surface area contributed by atoms with E-state index in [0.717, 1.165) is 16.7 Å². The molecule has 1 aromatic carbocycles. The number of aliphatic hydroxyl groups is 1. The Bertz CT molecular complexity index is 1330. The standard InChI is InChI=1S/C25H28F3N7O2/c1-34-15-31-24-19(32-22-9-11-35(33-22)23-4-2-3-10-29-23)12-18(13-20(24)34)37-17-7-5-16(6-8-17)30-14-21(36)25(26,27)28/h2-4,9-13,15-17,21,30,36H,5-8,14H2,1H3,(H,32,33)/t16?,17?,21-/m1/s1. The van der Waals surface area contributed by atoms with Crippen LogP contribution in [0.15, 0.2) is 55.1 Å². The number of hydrogen-bond acceptors (Lipinski definition) is 7. The highest BCUT2D eigenvalue weighted by Gasteiger charge is 2.38. The third kappa shape index (κ3) is 5.86.